The number of thiazole rings is 1. The summed E-state index contributed by atoms with van der Waals surface area (Å²) in [5.74, 6) is 0. The van der Waals surface area contributed by atoms with Crippen molar-refractivity contribution in [2.75, 3.05) is 25.1 Å². The van der Waals surface area contributed by atoms with E-state index in [0.717, 1.165) is 19.6 Å². The van der Waals surface area contributed by atoms with Crippen molar-refractivity contribution in [1.29, 1.82) is 0 Å². The van der Waals surface area contributed by atoms with Crippen LogP contribution in [0.4, 0.5) is 5.13 Å². The average Bonchev–Trinajstić information content (AvgIpc) is 2.98. The van der Waals surface area contributed by atoms with Gasteiger partial charge in [0.25, 0.3) is 0 Å². The van der Waals surface area contributed by atoms with Gasteiger partial charge in [-0.15, -0.1) is 0 Å². The minimum absolute atomic E-state index is 0.438. The highest BCUT2D eigenvalue weighted by atomic mass is 32.1. The number of anilines is 1. The summed E-state index contributed by atoms with van der Waals surface area (Å²) in [6.45, 7) is 1.87. The van der Waals surface area contributed by atoms with Crippen molar-refractivity contribution in [2.24, 2.45) is 0 Å². The molecule has 2 heterocycles. The molecule has 5 heteroatoms. The summed E-state index contributed by atoms with van der Waals surface area (Å²) in [6.07, 6.45) is 9.26. The molecule has 0 amide bonds. The first-order valence-electron chi connectivity index (χ1n) is 8.42. The molecule has 1 aromatic heterocycles. The Kier molecular flexibility index (Phi) is 3.90. The Morgan fingerprint density at radius 2 is 2.14 bits per heavy atom. The highest BCUT2D eigenvalue weighted by Gasteiger charge is 2.36. The zero-order valence-electron chi connectivity index (χ0n) is 12.8. The monoisotopic (exact) mass is 307 g/mol. The normalized spacial score (nSPS) is 32.6. The van der Waals surface area contributed by atoms with Gasteiger partial charge in [-0.1, -0.05) is 24.2 Å². The number of aromatic nitrogens is 1. The molecule has 2 fully saturated rings. The quantitative estimate of drug-likeness (QED) is 0.911. The van der Waals surface area contributed by atoms with E-state index in [1.54, 1.807) is 0 Å². The molecule has 3 atom stereocenters. The van der Waals surface area contributed by atoms with Crippen LogP contribution < -0.4 is 10.2 Å². The molecular formula is C16H25N3OS. The fraction of sp³-hybridized carbons (Fsp3) is 0.812. The van der Waals surface area contributed by atoms with Crippen LogP contribution in [-0.4, -0.2) is 37.3 Å². The van der Waals surface area contributed by atoms with Gasteiger partial charge in [0.2, 0.25) is 0 Å². The largest absolute Gasteiger partial charge is 0.374 e. The fourth-order valence-corrected chi connectivity index (χ4v) is 5.48. The van der Waals surface area contributed by atoms with Crippen molar-refractivity contribution in [1.82, 2.24) is 10.3 Å². The molecule has 1 saturated heterocycles. The number of ether oxygens (including phenoxy) is 1. The smallest absolute Gasteiger partial charge is 0.186 e. The van der Waals surface area contributed by atoms with E-state index in [0.29, 0.717) is 18.2 Å². The third-order valence-electron chi connectivity index (χ3n) is 5.27. The van der Waals surface area contributed by atoms with Gasteiger partial charge < -0.3 is 15.0 Å². The number of nitrogens with one attached hydrogen (secondary N) is 1. The molecule has 21 heavy (non-hydrogen) atoms. The Morgan fingerprint density at radius 3 is 3.05 bits per heavy atom. The van der Waals surface area contributed by atoms with E-state index in [-0.39, 0.29) is 0 Å². The molecule has 1 N–H and O–H groups in total. The second kappa shape index (κ2) is 5.86. The molecule has 0 bridgehead atoms. The Labute approximate surface area is 130 Å². The Hall–Kier alpha value is -0.650. The lowest BCUT2D eigenvalue weighted by molar-refractivity contribution is -0.00869. The lowest BCUT2D eigenvalue weighted by atomic mass is 9.90. The second-order valence-corrected chi connectivity index (χ2v) is 7.50. The van der Waals surface area contributed by atoms with Gasteiger partial charge in [-0.3, -0.25) is 0 Å². The van der Waals surface area contributed by atoms with Crippen LogP contribution in [-0.2, 0) is 11.2 Å². The summed E-state index contributed by atoms with van der Waals surface area (Å²) in [7, 11) is 2.07. The van der Waals surface area contributed by atoms with E-state index in [4.69, 9.17) is 9.72 Å². The summed E-state index contributed by atoms with van der Waals surface area (Å²) in [5, 5.41) is 4.71. The highest BCUT2D eigenvalue weighted by Crippen LogP contribution is 2.40. The maximum atomic E-state index is 6.00. The number of rotatable bonds is 2. The molecule has 0 aromatic carbocycles. The van der Waals surface area contributed by atoms with Crippen LogP contribution >= 0.6 is 11.3 Å². The molecule has 0 radical (unpaired) electrons. The van der Waals surface area contributed by atoms with Crippen LogP contribution in [0.5, 0.6) is 0 Å². The molecule has 4 nitrogen and oxygen atoms in total. The first-order chi connectivity index (χ1) is 10.4. The first-order valence-corrected chi connectivity index (χ1v) is 9.23. The lowest BCUT2D eigenvalue weighted by Crippen LogP contribution is -2.52. The maximum absolute atomic E-state index is 6.00. The second-order valence-electron chi connectivity index (χ2n) is 6.50. The Morgan fingerprint density at radius 1 is 1.24 bits per heavy atom. The van der Waals surface area contributed by atoms with Gasteiger partial charge in [-0.05, 0) is 39.2 Å². The number of nitrogens with zero attached hydrogens (tertiary/aromatic N) is 2. The van der Waals surface area contributed by atoms with Crippen LogP contribution in [0.3, 0.4) is 0 Å². The van der Waals surface area contributed by atoms with E-state index in [1.807, 2.05) is 11.3 Å². The van der Waals surface area contributed by atoms with Gasteiger partial charge in [0, 0.05) is 17.5 Å². The Bertz CT molecular complexity index is 502. The number of hydrogen-bond acceptors (Lipinski definition) is 5. The fourth-order valence-electron chi connectivity index (χ4n) is 4.14. The number of hydrogen-bond donors (Lipinski definition) is 1. The highest BCUT2D eigenvalue weighted by molar-refractivity contribution is 7.15. The number of fused-ring (bicyclic) bond motifs is 2. The van der Waals surface area contributed by atoms with E-state index in [2.05, 4.69) is 17.3 Å². The molecule has 3 unspecified atom stereocenters. The van der Waals surface area contributed by atoms with Crippen LogP contribution in [0.2, 0.25) is 0 Å². The Balaban J connectivity index is 1.62. The molecule has 3 aliphatic rings. The molecule has 1 saturated carbocycles. The van der Waals surface area contributed by atoms with E-state index < -0.39 is 0 Å². The molecule has 0 spiro atoms. The SMILES string of the molecule is CNC1CCCc2nc(N3CCOC4CCCCC43)sc21. The van der Waals surface area contributed by atoms with Crippen molar-refractivity contribution in [3.63, 3.8) is 0 Å². The van der Waals surface area contributed by atoms with Gasteiger partial charge in [-0.25, -0.2) is 4.98 Å². The van der Waals surface area contributed by atoms with Crippen LogP contribution in [0.1, 0.15) is 55.1 Å². The summed E-state index contributed by atoms with van der Waals surface area (Å²) in [6, 6.07) is 1.08. The third-order valence-corrected chi connectivity index (χ3v) is 6.51. The van der Waals surface area contributed by atoms with Crippen molar-refractivity contribution >= 4 is 16.5 Å². The van der Waals surface area contributed by atoms with Gasteiger partial charge >= 0.3 is 0 Å². The average molecular weight is 307 g/mol. The van der Waals surface area contributed by atoms with Crippen molar-refractivity contribution in [3.05, 3.63) is 10.6 Å². The number of morpholine rings is 1. The van der Waals surface area contributed by atoms with Crippen LogP contribution in [0, 0.1) is 0 Å². The van der Waals surface area contributed by atoms with Gasteiger partial charge in [-0.2, -0.15) is 0 Å². The van der Waals surface area contributed by atoms with Crippen LogP contribution in [0.15, 0.2) is 0 Å². The van der Waals surface area contributed by atoms with Crippen molar-refractivity contribution in [2.45, 2.75) is 63.1 Å². The maximum Gasteiger partial charge on any atom is 0.186 e. The zero-order chi connectivity index (χ0) is 14.2. The van der Waals surface area contributed by atoms with Crippen LogP contribution in [0.25, 0.3) is 0 Å². The summed E-state index contributed by atoms with van der Waals surface area (Å²) in [4.78, 5) is 9.06. The predicted octanol–water partition coefficient (Wildman–Crippen LogP) is 2.89. The molecule has 2 aliphatic carbocycles. The third kappa shape index (κ3) is 2.49. The molecule has 1 aromatic rings. The van der Waals surface area contributed by atoms with Crippen molar-refractivity contribution < 1.29 is 4.74 Å². The minimum Gasteiger partial charge on any atom is -0.374 e. The van der Waals surface area contributed by atoms with Crippen molar-refractivity contribution in [3.8, 4) is 0 Å². The first kappa shape index (κ1) is 14.0. The van der Waals surface area contributed by atoms with E-state index >= 15 is 0 Å². The zero-order valence-corrected chi connectivity index (χ0v) is 13.6. The summed E-state index contributed by atoms with van der Waals surface area (Å²) >= 11 is 1.93. The lowest BCUT2D eigenvalue weighted by Gasteiger charge is -2.43. The summed E-state index contributed by atoms with van der Waals surface area (Å²) in [5.41, 5.74) is 1.35. The summed E-state index contributed by atoms with van der Waals surface area (Å²) < 4.78 is 6.00. The molecular weight excluding hydrogens is 282 g/mol. The predicted molar refractivity (Wildman–Crippen MR) is 86.2 cm³/mol. The molecule has 4 rings (SSSR count). The van der Waals surface area contributed by atoms with Gasteiger partial charge in [0.05, 0.1) is 24.4 Å². The topological polar surface area (TPSA) is 37.4 Å². The van der Waals surface area contributed by atoms with Gasteiger partial charge in [0.1, 0.15) is 0 Å². The molecule has 1 aliphatic heterocycles. The van der Waals surface area contributed by atoms with E-state index in [9.17, 15) is 0 Å². The van der Waals surface area contributed by atoms with E-state index in [1.165, 1.54) is 54.2 Å². The standard InChI is InChI=1S/C16H25N3OS/c1-17-11-5-4-6-12-15(11)21-16(18-12)19-9-10-20-14-8-3-2-7-13(14)19/h11,13-14,17H,2-10H2,1H3. The minimum atomic E-state index is 0.438. The molecule has 116 valence electrons. The number of aryl methyl sites for hydroxylation is 1. The van der Waals surface area contributed by atoms with Gasteiger partial charge in [0.15, 0.2) is 5.13 Å².